The van der Waals surface area contributed by atoms with Crippen molar-refractivity contribution in [1.29, 1.82) is 0 Å². The monoisotopic (exact) mass is 547 g/mol. The van der Waals surface area contributed by atoms with Crippen molar-refractivity contribution < 1.29 is 23.9 Å². The van der Waals surface area contributed by atoms with Crippen LogP contribution >= 0.6 is 15.9 Å². The van der Waals surface area contributed by atoms with Gasteiger partial charge in [-0.05, 0) is 63.8 Å². The molecule has 0 unspecified atom stereocenters. The number of carbonyl (C=O) groups is 3. The molecule has 2 rings (SSSR count). The summed E-state index contributed by atoms with van der Waals surface area (Å²) in [6, 6.07) is 15.4. The lowest BCUT2D eigenvalue weighted by Gasteiger charge is -2.36. The number of hydrogen-bond acceptors (Lipinski definition) is 5. The highest BCUT2D eigenvalue weighted by Crippen LogP contribution is 2.28. The predicted molar refractivity (Wildman–Crippen MR) is 137 cm³/mol. The maximum Gasteiger partial charge on any atom is 0.411 e. The fourth-order valence-electron chi connectivity index (χ4n) is 3.45. The number of hydrogen-bond donors (Lipinski definition) is 2. The maximum absolute atomic E-state index is 13.1. The summed E-state index contributed by atoms with van der Waals surface area (Å²) >= 11 is 3.41. The van der Waals surface area contributed by atoms with Crippen LogP contribution in [0.5, 0.6) is 0 Å². The smallest absolute Gasteiger partial charge is 0.411 e. The Hall–Kier alpha value is -3.07. The van der Waals surface area contributed by atoms with Crippen LogP contribution < -0.4 is 11.1 Å². The minimum Gasteiger partial charge on any atom is -0.445 e. The Morgan fingerprint density at radius 3 is 2.26 bits per heavy atom. The fraction of sp³-hybridized carbons (Fsp3) is 0.423. The first-order chi connectivity index (χ1) is 16.5. The number of benzene rings is 2. The summed E-state index contributed by atoms with van der Waals surface area (Å²) in [6.07, 6.45) is -0.543. The van der Waals surface area contributed by atoms with Crippen LogP contribution in [0.4, 0.5) is 9.59 Å². The fourth-order valence-corrected chi connectivity index (χ4v) is 3.71. The number of primary amides is 1. The average Bonchev–Trinajstić information content (AvgIpc) is 2.79. The Morgan fingerprint density at radius 1 is 1.06 bits per heavy atom. The molecule has 8 nitrogen and oxygen atoms in total. The van der Waals surface area contributed by atoms with Crippen molar-refractivity contribution in [3.8, 4) is 0 Å². The number of carbonyl (C=O) groups excluding carboxylic acids is 3. The molecular weight excluding hydrogens is 514 g/mol. The lowest BCUT2D eigenvalue weighted by molar-refractivity contribution is -0.124. The van der Waals surface area contributed by atoms with Crippen LogP contribution in [0.15, 0.2) is 59.1 Å². The molecule has 0 heterocycles. The molecule has 0 aliphatic carbocycles. The second kappa shape index (κ2) is 13.1. The second-order valence-corrected chi connectivity index (χ2v) is 10.1. The van der Waals surface area contributed by atoms with Crippen LogP contribution in [-0.4, -0.2) is 41.2 Å². The minimum absolute atomic E-state index is 0.160. The maximum atomic E-state index is 13.1. The summed E-state index contributed by atoms with van der Waals surface area (Å²) in [7, 11) is 0. The molecule has 0 bridgehead atoms. The number of ether oxygens (including phenoxy) is 2. The summed E-state index contributed by atoms with van der Waals surface area (Å²) < 4.78 is 11.7. The molecular formula is C26H34BrN3O5. The SMILES string of the molecule is C[C@H](c1ccc(Br)cc1)N(C(=O)OC(C)(C)C)[C@H](CCCNC(=O)OCc1ccccc1)C(N)=O. The molecule has 0 radical (unpaired) electrons. The first-order valence-corrected chi connectivity index (χ1v) is 12.3. The van der Waals surface area contributed by atoms with Gasteiger partial charge in [-0.25, -0.2) is 9.59 Å². The molecule has 190 valence electrons. The van der Waals surface area contributed by atoms with E-state index < -0.39 is 35.8 Å². The molecule has 2 aromatic rings. The van der Waals surface area contributed by atoms with Crippen LogP contribution in [0, 0.1) is 0 Å². The van der Waals surface area contributed by atoms with E-state index in [0.29, 0.717) is 6.42 Å². The van der Waals surface area contributed by atoms with Crippen molar-refractivity contribution in [2.24, 2.45) is 5.73 Å². The summed E-state index contributed by atoms with van der Waals surface area (Å²) in [5.74, 6) is -0.647. The Bertz CT molecular complexity index is 977. The summed E-state index contributed by atoms with van der Waals surface area (Å²) in [5, 5.41) is 2.67. The van der Waals surface area contributed by atoms with Gasteiger partial charge in [-0.1, -0.05) is 58.4 Å². The van der Waals surface area contributed by atoms with Gasteiger partial charge in [0.15, 0.2) is 0 Å². The van der Waals surface area contributed by atoms with Crippen molar-refractivity contribution >= 4 is 34.0 Å². The molecule has 0 fully saturated rings. The number of rotatable bonds is 10. The van der Waals surface area contributed by atoms with E-state index in [1.165, 1.54) is 4.90 Å². The van der Waals surface area contributed by atoms with Crippen LogP contribution in [0.3, 0.4) is 0 Å². The predicted octanol–water partition coefficient (Wildman–Crippen LogP) is 5.31. The van der Waals surface area contributed by atoms with E-state index in [0.717, 1.165) is 15.6 Å². The third kappa shape index (κ3) is 9.60. The van der Waals surface area contributed by atoms with E-state index in [2.05, 4.69) is 21.2 Å². The number of nitrogens with zero attached hydrogens (tertiary/aromatic N) is 1. The van der Waals surface area contributed by atoms with Crippen molar-refractivity contribution in [3.63, 3.8) is 0 Å². The molecule has 0 saturated heterocycles. The standard InChI is InChI=1S/C26H34BrN3O5/c1-18(20-12-14-21(27)15-13-20)30(25(33)35-26(2,3)4)22(23(28)31)11-8-16-29-24(32)34-17-19-9-6-5-7-10-19/h5-7,9-10,12-15,18,22H,8,11,16-17H2,1-4H3,(H2,28,31)(H,29,32)/t18-,22-/m1/s1. The van der Waals surface area contributed by atoms with E-state index in [9.17, 15) is 14.4 Å². The molecule has 9 heteroatoms. The number of halogens is 1. The van der Waals surface area contributed by atoms with Gasteiger partial charge >= 0.3 is 12.2 Å². The molecule has 0 spiro atoms. The second-order valence-electron chi connectivity index (χ2n) is 9.16. The van der Waals surface area contributed by atoms with Gasteiger partial charge in [-0.2, -0.15) is 0 Å². The molecule has 0 aromatic heterocycles. The number of nitrogens with two attached hydrogens (primary N) is 1. The number of nitrogens with one attached hydrogen (secondary N) is 1. The highest BCUT2D eigenvalue weighted by molar-refractivity contribution is 9.10. The highest BCUT2D eigenvalue weighted by atomic mass is 79.9. The summed E-state index contributed by atoms with van der Waals surface area (Å²) in [6.45, 7) is 7.52. The summed E-state index contributed by atoms with van der Waals surface area (Å²) in [5.41, 5.74) is 6.68. The Morgan fingerprint density at radius 2 is 1.69 bits per heavy atom. The number of amides is 3. The first kappa shape index (κ1) is 28.2. The lowest BCUT2D eigenvalue weighted by Crippen LogP contribution is -2.50. The summed E-state index contributed by atoms with van der Waals surface area (Å²) in [4.78, 5) is 39.0. The zero-order valence-electron chi connectivity index (χ0n) is 20.6. The van der Waals surface area contributed by atoms with Crippen molar-refractivity contribution in [2.75, 3.05) is 6.54 Å². The largest absolute Gasteiger partial charge is 0.445 e. The van der Waals surface area contributed by atoms with Crippen molar-refractivity contribution in [2.45, 2.75) is 64.8 Å². The van der Waals surface area contributed by atoms with E-state index >= 15 is 0 Å². The van der Waals surface area contributed by atoms with Gasteiger partial charge in [0, 0.05) is 11.0 Å². The third-order valence-corrected chi connectivity index (χ3v) is 5.70. The number of alkyl carbamates (subject to hydrolysis) is 1. The molecule has 0 aliphatic heterocycles. The van der Waals surface area contributed by atoms with E-state index in [1.54, 1.807) is 20.8 Å². The quantitative estimate of drug-likeness (QED) is 0.391. The first-order valence-electron chi connectivity index (χ1n) is 11.5. The highest BCUT2D eigenvalue weighted by Gasteiger charge is 2.35. The van der Waals surface area contributed by atoms with Gasteiger partial charge in [0.1, 0.15) is 18.2 Å². The van der Waals surface area contributed by atoms with Crippen LogP contribution in [0.1, 0.15) is 57.7 Å². The molecule has 35 heavy (non-hydrogen) atoms. The topological polar surface area (TPSA) is 111 Å². The Balaban J connectivity index is 2.04. The third-order valence-electron chi connectivity index (χ3n) is 5.17. The van der Waals surface area contributed by atoms with Gasteiger partial charge in [0.05, 0.1) is 6.04 Å². The minimum atomic E-state index is -0.925. The van der Waals surface area contributed by atoms with Gasteiger partial charge in [-0.15, -0.1) is 0 Å². The van der Waals surface area contributed by atoms with Crippen molar-refractivity contribution in [1.82, 2.24) is 10.2 Å². The zero-order chi connectivity index (χ0) is 26.0. The van der Waals surface area contributed by atoms with Crippen LogP contribution in [-0.2, 0) is 20.9 Å². The molecule has 3 N–H and O–H groups in total. The lowest BCUT2D eigenvalue weighted by atomic mass is 10.0. The average molecular weight is 548 g/mol. The molecule has 2 aromatic carbocycles. The molecule has 0 saturated carbocycles. The van der Waals surface area contributed by atoms with Gasteiger partial charge < -0.3 is 20.5 Å². The Labute approximate surface area is 215 Å². The van der Waals surface area contributed by atoms with Crippen molar-refractivity contribution in [3.05, 3.63) is 70.2 Å². The van der Waals surface area contributed by atoms with E-state index in [1.807, 2.05) is 61.5 Å². The van der Waals surface area contributed by atoms with Gasteiger partial charge in [0.25, 0.3) is 0 Å². The normalized spacial score (nSPS) is 12.8. The Kier molecular flexibility index (Phi) is 10.6. The van der Waals surface area contributed by atoms with Crippen LogP contribution in [0.25, 0.3) is 0 Å². The van der Waals surface area contributed by atoms with Crippen LogP contribution in [0.2, 0.25) is 0 Å². The molecule has 2 atom stereocenters. The van der Waals surface area contributed by atoms with Gasteiger partial charge in [0.2, 0.25) is 5.91 Å². The molecule has 0 aliphatic rings. The van der Waals surface area contributed by atoms with E-state index in [4.69, 9.17) is 15.2 Å². The molecule has 3 amide bonds. The van der Waals surface area contributed by atoms with E-state index in [-0.39, 0.29) is 19.6 Å². The zero-order valence-corrected chi connectivity index (χ0v) is 22.2. The van der Waals surface area contributed by atoms with Gasteiger partial charge in [-0.3, -0.25) is 9.69 Å².